The molecule has 2 heterocycles. The van der Waals surface area contributed by atoms with Crippen LogP contribution in [0.4, 0.5) is 5.82 Å². The molecule has 5 heteroatoms. The Bertz CT molecular complexity index is 381. The fourth-order valence-electron chi connectivity index (χ4n) is 2.03. The maximum atomic E-state index is 5.82. The molecule has 0 bridgehead atoms. The highest BCUT2D eigenvalue weighted by molar-refractivity contribution is 9.10. The third-order valence-corrected chi connectivity index (χ3v) is 3.59. The molecule has 0 aliphatic carbocycles. The normalized spacial score (nSPS) is 19.6. The second-order valence-corrected chi connectivity index (χ2v) is 5.57. The highest BCUT2D eigenvalue weighted by atomic mass is 79.9. The van der Waals surface area contributed by atoms with Crippen LogP contribution < -0.4 is 4.90 Å². The van der Waals surface area contributed by atoms with Gasteiger partial charge in [0.05, 0.1) is 4.47 Å². The lowest BCUT2D eigenvalue weighted by atomic mass is 10.0. The third kappa shape index (κ3) is 2.11. The maximum absolute atomic E-state index is 5.82. The molecule has 1 fully saturated rings. The number of rotatable bonds is 1. The first kappa shape index (κ1) is 11.1. The van der Waals surface area contributed by atoms with Crippen LogP contribution in [0.25, 0.3) is 0 Å². The zero-order valence-corrected chi connectivity index (χ0v) is 11.1. The Morgan fingerprint density at radius 2 is 2.27 bits per heavy atom. The molecule has 1 saturated heterocycles. The summed E-state index contributed by atoms with van der Waals surface area (Å²) < 4.78 is 0.905. The van der Waals surface area contributed by atoms with Crippen molar-refractivity contribution in [2.45, 2.75) is 32.2 Å². The van der Waals surface area contributed by atoms with Gasteiger partial charge in [-0.3, -0.25) is 0 Å². The Kier molecular flexibility index (Phi) is 2.90. The van der Waals surface area contributed by atoms with Crippen LogP contribution in [0.15, 0.2) is 10.7 Å². The Morgan fingerprint density at radius 1 is 1.53 bits per heavy atom. The molecule has 0 spiro atoms. The van der Waals surface area contributed by atoms with Gasteiger partial charge in [0, 0.05) is 18.3 Å². The molecule has 82 valence electrons. The van der Waals surface area contributed by atoms with Crippen LogP contribution in [0.1, 0.15) is 26.7 Å². The van der Waals surface area contributed by atoms with Gasteiger partial charge in [0.25, 0.3) is 0 Å². The van der Waals surface area contributed by atoms with E-state index in [-0.39, 0.29) is 5.54 Å². The van der Waals surface area contributed by atoms with Crippen molar-refractivity contribution in [3.63, 3.8) is 0 Å². The van der Waals surface area contributed by atoms with Gasteiger partial charge in [-0.25, -0.2) is 4.98 Å². The molecular weight excluding hydrogens is 277 g/mol. The minimum Gasteiger partial charge on any atom is -0.350 e. The van der Waals surface area contributed by atoms with Crippen molar-refractivity contribution in [2.24, 2.45) is 0 Å². The Labute approximate surface area is 103 Å². The monoisotopic (exact) mass is 289 g/mol. The zero-order valence-electron chi connectivity index (χ0n) is 8.80. The van der Waals surface area contributed by atoms with Crippen LogP contribution in [0.5, 0.6) is 0 Å². The van der Waals surface area contributed by atoms with E-state index in [9.17, 15) is 0 Å². The molecule has 0 atom stereocenters. The first-order chi connectivity index (χ1) is 7.00. The van der Waals surface area contributed by atoms with E-state index in [0.29, 0.717) is 5.28 Å². The van der Waals surface area contributed by atoms with Gasteiger partial charge < -0.3 is 4.90 Å². The van der Waals surface area contributed by atoms with Crippen LogP contribution in [0, 0.1) is 0 Å². The van der Waals surface area contributed by atoms with Crippen molar-refractivity contribution in [3.8, 4) is 0 Å². The third-order valence-electron chi connectivity index (χ3n) is 2.85. The molecule has 0 N–H and O–H groups in total. The summed E-state index contributed by atoms with van der Waals surface area (Å²) in [5.41, 5.74) is 0.153. The largest absolute Gasteiger partial charge is 0.350 e. The van der Waals surface area contributed by atoms with Crippen molar-refractivity contribution in [1.82, 2.24) is 9.97 Å². The number of anilines is 1. The van der Waals surface area contributed by atoms with Gasteiger partial charge in [0.1, 0.15) is 5.82 Å². The lowest BCUT2D eigenvalue weighted by Gasteiger charge is -2.33. The molecule has 3 nitrogen and oxygen atoms in total. The minimum atomic E-state index is 0.153. The van der Waals surface area contributed by atoms with Gasteiger partial charge in [0.15, 0.2) is 0 Å². The lowest BCUT2D eigenvalue weighted by molar-refractivity contribution is 0.513. The van der Waals surface area contributed by atoms with Crippen LogP contribution >= 0.6 is 27.5 Å². The smallest absolute Gasteiger partial charge is 0.224 e. The number of hydrogen-bond donors (Lipinski definition) is 0. The molecule has 1 aliphatic rings. The van der Waals surface area contributed by atoms with E-state index >= 15 is 0 Å². The van der Waals surface area contributed by atoms with Gasteiger partial charge in [-0.2, -0.15) is 4.98 Å². The average Bonchev–Trinajstić information content (AvgIpc) is 2.50. The van der Waals surface area contributed by atoms with E-state index in [2.05, 4.69) is 44.6 Å². The second kappa shape index (κ2) is 3.91. The minimum absolute atomic E-state index is 0.153. The molecule has 0 aromatic carbocycles. The Hall–Kier alpha value is -0.350. The van der Waals surface area contributed by atoms with Crippen molar-refractivity contribution in [2.75, 3.05) is 11.4 Å². The zero-order chi connectivity index (χ0) is 11.1. The predicted molar refractivity (Wildman–Crippen MR) is 65.4 cm³/mol. The quantitative estimate of drug-likeness (QED) is 0.743. The highest BCUT2D eigenvalue weighted by Crippen LogP contribution is 2.36. The summed E-state index contributed by atoms with van der Waals surface area (Å²) in [4.78, 5) is 10.5. The summed E-state index contributed by atoms with van der Waals surface area (Å²) >= 11 is 9.29. The molecule has 2 rings (SSSR count). The number of hydrogen-bond acceptors (Lipinski definition) is 3. The lowest BCUT2D eigenvalue weighted by Crippen LogP contribution is -2.39. The van der Waals surface area contributed by atoms with Crippen LogP contribution in [0.2, 0.25) is 5.28 Å². The number of nitrogens with zero attached hydrogens (tertiary/aromatic N) is 3. The van der Waals surface area contributed by atoms with Crippen LogP contribution in [-0.2, 0) is 0 Å². The first-order valence-electron chi connectivity index (χ1n) is 4.96. The van der Waals surface area contributed by atoms with Crippen molar-refractivity contribution < 1.29 is 0 Å². The molecule has 1 aliphatic heterocycles. The van der Waals surface area contributed by atoms with E-state index in [1.54, 1.807) is 6.20 Å². The van der Waals surface area contributed by atoms with Crippen molar-refractivity contribution >= 4 is 33.3 Å². The molecule has 1 aromatic rings. The van der Waals surface area contributed by atoms with E-state index in [1.165, 1.54) is 12.8 Å². The number of aromatic nitrogens is 2. The standard InChI is InChI=1S/C10H13BrClN3/c1-10(2)4-3-5-15(10)8-7(11)6-13-9(12)14-8/h6H,3-5H2,1-2H3. The fraction of sp³-hybridized carbons (Fsp3) is 0.600. The van der Waals surface area contributed by atoms with E-state index in [0.717, 1.165) is 16.8 Å². The Morgan fingerprint density at radius 3 is 2.87 bits per heavy atom. The predicted octanol–water partition coefficient (Wildman–Crippen LogP) is 3.27. The summed E-state index contributed by atoms with van der Waals surface area (Å²) in [6.45, 7) is 5.48. The van der Waals surface area contributed by atoms with Gasteiger partial charge in [-0.1, -0.05) is 0 Å². The van der Waals surface area contributed by atoms with Crippen LogP contribution in [-0.4, -0.2) is 22.1 Å². The van der Waals surface area contributed by atoms with Gasteiger partial charge in [-0.05, 0) is 54.2 Å². The molecule has 15 heavy (non-hydrogen) atoms. The average molecular weight is 291 g/mol. The van der Waals surface area contributed by atoms with E-state index in [4.69, 9.17) is 11.6 Å². The van der Waals surface area contributed by atoms with Crippen molar-refractivity contribution in [3.05, 3.63) is 16.0 Å². The highest BCUT2D eigenvalue weighted by Gasteiger charge is 2.33. The van der Waals surface area contributed by atoms with Gasteiger partial charge in [0.2, 0.25) is 5.28 Å². The summed E-state index contributed by atoms with van der Waals surface area (Å²) in [6, 6.07) is 0. The molecule has 0 unspecified atom stereocenters. The Balaban J connectivity index is 2.40. The summed E-state index contributed by atoms with van der Waals surface area (Å²) in [7, 11) is 0. The number of halogens is 2. The molecular formula is C10H13BrClN3. The van der Waals surface area contributed by atoms with Gasteiger partial charge in [-0.15, -0.1) is 0 Å². The first-order valence-corrected chi connectivity index (χ1v) is 6.13. The SMILES string of the molecule is CC1(C)CCCN1c1nc(Cl)ncc1Br. The summed E-state index contributed by atoms with van der Waals surface area (Å²) in [5, 5.41) is 0.302. The van der Waals surface area contributed by atoms with Crippen molar-refractivity contribution in [1.29, 1.82) is 0 Å². The summed E-state index contributed by atoms with van der Waals surface area (Å²) in [5.74, 6) is 0.900. The van der Waals surface area contributed by atoms with E-state index < -0.39 is 0 Å². The molecule has 0 amide bonds. The summed E-state index contributed by atoms with van der Waals surface area (Å²) in [6.07, 6.45) is 4.08. The fourth-order valence-corrected chi connectivity index (χ4v) is 2.56. The topological polar surface area (TPSA) is 29.0 Å². The van der Waals surface area contributed by atoms with E-state index in [1.807, 2.05) is 0 Å². The second-order valence-electron chi connectivity index (χ2n) is 4.38. The van der Waals surface area contributed by atoms with Crippen LogP contribution in [0.3, 0.4) is 0 Å². The molecule has 1 aromatic heterocycles. The molecule has 0 radical (unpaired) electrons. The maximum Gasteiger partial charge on any atom is 0.224 e. The molecule has 0 saturated carbocycles. The van der Waals surface area contributed by atoms with Gasteiger partial charge >= 0.3 is 0 Å².